The second-order valence-electron chi connectivity index (χ2n) is 6.39. The average Bonchev–Trinajstić information content (AvgIpc) is 3.33. The van der Waals surface area contributed by atoms with Crippen molar-refractivity contribution in [2.24, 2.45) is 5.73 Å². The van der Waals surface area contributed by atoms with E-state index in [1.165, 1.54) is 11.3 Å². The average molecular weight is 376 g/mol. The number of benzene rings is 1. The molecular weight excluding hydrogens is 356 g/mol. The number of H-pyrrole nitrogens is 1. The minimum absolute atomic E-state index is 0.104. The second kappa shape index (κ2) is 7.34. The lowest BCUT2D eigenvalue weighted by Gasteiger charge is -2.16. The summed E-state index contributed by atoms with van der Waals surface area (Å²) >= 11 is 1.49. The molecule has 0 spiro atoms. The summed E-state index contributed by atoms with van der Waals surface area (Å²) in [5.41, 5.74) is 9.89. The smallest absolute Gasteiger partial charge is 0.261 e. The molecule has 0 fully saturated rings. The van der Waals surface area contributed by atoms with Crippen LogP contribution in [-0.4, -0.2) is 22.4 Å². The normalized spacial score (nSPS) is 12.2. The lowest BCUT2D eigenvalue weighted by Crippen LogP contribution is -2.32. The first-order valence-electron chi connectivity index (χ1n) is 8.76. The van der Waals surface area contributed by atoms with E-state index < -0.39 is 0 Å². The van der Waals surface area contributed by atoms with Gasteiger partial charge in [-0.2, -0.15) is 0 Å². The predicted molar refractivity (Wildman–Crippen MR) is 110 cm³/mol. The zero-order valence-corrected chi connectivity index (χ0v) is 15.7. The number of amides is 1. The third-order valence-electron chi connectivity index (χ3n) is 4.59. The quantitative estimate of drug-likeness (QED) is 0.492. The minimum Gasteiger partial charge on any atom is -0.346 e. The topological polar surface area (TPSA) is 83.8 Å². The molecule has 0 bridgehead atoms. The van der Waals surface area contributed by atoms with Crippen molar-refractivity contribution >= 4 is 28.3 Å². The fraction of sp³-hybridized carbons (Fsp3) is 0.143. The van der Waals surface area contributed by atoms with Crippen molar-refractivity contribution in [2.75, 3.05) is 6.54 Å². The summed E-state index contributed by atoms with van der Waals surface area (Å²) in [5, 5.41) is 4.11. The molecule has 0 saturated heterocycles. The van der Waals surface area contributed by atoms with Gasteiger partial charge in [0.2, 0.25) is 0 Å². The van der Waals surface area contributed by atoms with Crippen molar-refractivity contribution in [3.63, 3.8) is 0 Å². The molecule has 0 radical (unpaired) electrons. The number of rotatable bonds is 5. The standard InChI is InChI=1S/C21H20N4OS/c1-13-11-18(21(26)25-17(12-22)14-5-3-2-4-6-14)27-19(13)15-7-9-23-20-16(15)8-10-24-20/h2-11,17H,12,22H2,1H3,(H,23,24)(H,25,26). The highest BCUT2D eigenvalue weighted by atomic mass is 32.1. The van der Waals surface area contributed by atoms with Gasteiger partial charge in [-0.25, -0.2) is 4.98 Å². The van der Waals surface area contributed by atoms with Crippen LogP contribution in [0.25, 0.3) is 21.5 Å². The Balaban J connectivity index is 1.63. The number of aryl methyl sites for hydroxylation is 1. The zero-order chi connectivity index (χ0) is 18.8. The number of aromatic nitrogens is 2. The number of carbonyl (C=O) groups is 1. The van der Waals surface area contributed by atoms with Gasteiger partial charge < -0.3 is 16.0 Å². The monoisotopic (exact) mass is 376 g/mol. The maximum atomic E-state index is 12.8. The van der Waals surface area contributed by atoms with Crippen molar-refractivity contribution < 1.29 is 4.79 Å². The van der Waals surface area contributed by atoms with Gasteiger partial charge >= 0.3 is 0 Å². The molecule has 3 aromatic heterocycles. The number of pyridine rings is 1. The molecule has 0 aliphatic carbocycles. The molecule has 1 atom stereocenters. The fourth-order valence-corrected chi connectivity index (χ4v) is 4.33. The summed E-state index contributed by atoms with van der Waals surface area (Å²) in [6.45, 7) is 2.38. The maximum Gasteiger partial charge on any atom is 0.261 e. The van der Waals surface area contributed by atoms with Crippen molar-refractivity contribution in [3.05, 3.63) is 76.9 Å². The highest BCUT2D eigenvalue weighted by Gasteiger charge is 2.19. The van der Waals surface area contributed by atoms with Crippen molar-refractivity contribution in [3.8, 4) is 10.4 Å². The molecule has 4 rings (SSSR count). The van der Waals surface area contributed by atoms with Crippen LogP contribution in [0.3, 0.4) is 0 Å². The Hall–Kier alpha value is -2.96. The van der Waals surface area contributed by atoms with E-state index in [9.17, 15) is 4.79 Å². The number of thiophene rings is 1. The minimum atomic E-state index is -0.207. The molecule has 6 heteroatoms. The van der Waals surface area contributed by atoms with Gasteiger partial charge in [-0.05, 0) is 36.2 Å². The van der Waals surface area contributed by atoms with Gasteiger partial charge in [0.1, 0.15) is 5.65 Å². The van der Waals surface area contributed by atoms with Crippen LogP contribution in [0.2, 0.25) is 0 Å². The summed E-state index contributed by atoms with van der Waals surface area (Å²) in [5.74, 6) is -0.104. The van der Waals surface area contributed by atoms with Gasteiger partial charge in [0.25, 0.3) is 5.91 Å². The maximum absolute atomic E-state index is 12.8. The van der Waals surface area contributed by atoms with Crippen LogP contribution >= 0.6 is 11.3 Å². The number of nitrogens with one attached hydrogen (secondary N) is 2. The van der Waals surface area contributed by atoms with Gasteiger partial charge in [-0.3, -0.25) is 4.79 Å². The van der Waals surface area contributed by atoms with Gasteiger partial charge in [0, 0.05) is 34.8 Å². The van der Waals surface area contributed by atoms with Gasteiger partial charge in [-0.15, -0.1) is 11.3 Å². The molecule has 5 nitrogen and oxygen atoms in total. The first-order chi connectivity index (χ1) is 13.2. The Morgan fingerprint density at radius 1 is 1.26 bits per heavy atom. The zero-order valence-electron chi connectivity index (χ0n) is 14.9. The number of nitrogens with zero attached hydrogens (tertiary/aromatic N) is 1. The summed E-state index contributed by atoms with van der Waals surface area (Å²) in [6.07, 6.45) is 3.66. The Labute approximate surface area is 161 Å². The highest BCUT2D eigenvalue weighted by Crippen LogP contribution is 2.36. The Morgan fingerprint density at radius 2 is 2.07 bits per heavy atom. The van der Waals surface area contributed by atoms with E-state index in [1.807, 2.05) is 61.7 Å². The molecule has 0 aliphatic heterocycles. The van der Waals surface area contributed by atoms with Crippen LogP contribution in [0.5, 0.6) is 0 Å². The summed E-state index contributed by atoms with van der Waals surface area (Å²) in [7, 11) is 0. The van der Waals surface area contributed by atoms with Crippen LogP contribution < -0.4 is 11.1 Å². The van der Waals surface area contributed by atoms with Gasteiger partial charge in [0.05, 0.1) is 10.9 Å². The lowest BCUT2D eigenvalue weighted by molar-refractivity contribution is 0.0942. The van der Waals surface area contributed by atoms with Crippen molar-refractivity contribution in [1.29, 1.82) is 0 Å². The van der Waals surface area contributed by atoms with E-state index in [0.29, 0.717) is 11.4 Å². The number of nitrogens with two attached hydrogens (primary N) is 1. The number of hydrogen-bond donors (Lipinski definition) is 3. The van der Waals surface area contributed by atoms with Gasteiger partial charge in [0.15, 0.2) is 0 Å². The first-order valence-corrected chi connectivity index (χ1v) is 9.58. The Morgan fingerprint density at radius 3 is 2.85 bits per heavy atom. The van der Waals surface area contributed by atoms with Crippen LogP contribution in [0.4, 0.5) is 0 Å². The van der Waals surface area contributed by atoms with E-state index in [4.69, 9.17) is 5.73 Å². The van der Waals surface area contributed by atoms with E-state index in [-0.39, 0.29) is 11.9 Å². The number of carbonyl (C=O) groups excluding carboxylic acids is 1. The molecule has 1 unspecified atom stereocenters. The molecular formula is C21H20N4OS. The lowest BCUT2D eigenvalue weighted by atomic mass is 10.1. The van der Waals surface area contributed by atoms with Crippen LogP contribution in [0.15, 0.2) is 60.9 Å². The summed E-state index contributed by atoms with van der Waals surface area (Å²) in [4.78, 5) is 22.1. The highest BCUT2D eigenvalue weighted by molar-refractivity contribution is 7.17. The van der Waals surface area contributed by atoms with E-state index in [2.05, 4.69) is 15.3 Å². The number of aromatic amines is 1. The SMILES string of the molecule is Cc1cc(C(=O)NC(CN)c2ccccc2)sc1-c1ccnc2[nH]ccc12. The van der Waals surface area contributed by atoms with Crippen molar-refractivity contribution in [1.82, 2.24) is 15.3 Å². The third-order valence-corrected chi connectivity index (χ3v) is 5.86. The Bertz CT molecular complexity index is 1080. The molecule has 1 aromatic carbocycles. The first kappa shape index (κ1) is 17.5. The fourth-order valence-electron chi connectivity index (χ4n) is 3.21. The second-order valence-corrected chi connectivity index (χ2v) is 7.45. The number of fused-ring (bicyclic) bond motifs is 1. The summed E-state index contributed by atoms with van der Waals surface area (Å²) in [6, 6.07) is 15.5. The summed E-state index contributed by atoms with van der Waals surface area (Å²) < 4.78 is 0. The number of hydrogen-bond acceptors (Lipinski definition) is 4. The van der Waals surface area contributed by atoms with Crippen molar-refractivity contribution in [2.45, 2.75) is 13.0 Å². The van der Waals surface area contributed by atoms with E-state index in [0.717, 1.165) is 32.6 Å². The largest absolute Gasteiger partial charge is 0.346 e. The van der Waals surface area contributed by atoms with Crippen LogP contribution in [0.1, 0.15) is 26.8 Å². The van der Waals surface area contributed by atoms with Gasteiger partial charge in [-0.1, -0.05) is 30.3 Å². The molecule has 136 valence electrons. The van der Waals surface area contributed by atoms with E-state index >= 15 is 0 Å². The predicted octanol–water partition coefficient (Wildman–Crippen LogP) is 4.03. The molecule has 3 heterocycles. The molecule has 1 amide bonds. The molecule has 4 aromatic rings. The van der Waals surface area contributed by atoms with E-state index in [1.54, 1.807) is 6.20 Å². The molecule has 4 N–H and O–H groups in total. The van der Waals surface area contributed by atoms with Crippen LogP contribution in [0, 0.1) is 6.92 Å². The molecule has 0 aliphatic rings. The molecule has 0 saturated carbocycles. The third kappa shape index (κ3) is 3.37. The Kier molecular flexibility index (Phi) is 4.75. The van der Waals surface area contributed by atoms with Crippen LogP contribution in [-0.2, 0) is 0 Å². The molecule has 27 heavy (non-hydrogen) atoms.